The maximum Gasteiger partial charge on any atom is 0.332 e. The molecular weight excluding hydrogens is 385 g/mol. The Morgan fingerprint density at radius 3 is 2.81 bits per heavy atom. The molecule has 0 saturated heterocycles. The number of hydrogen-bond acceptors (Lipinski definition) is 4. The maximum absolute atomic E-state index is 10.6. The van der Waals surface area contributed by atoms with Crippen molar-refractivity contribution in [3.05, 3.63) is 21.3 Å². The first-order valence-corrected chi connectivity index (χ1v) is 7.80. The minimum absolute atomic E-state index is 0.267. The van der Waals surface area contributed by atoms with Crippen LogP contribution in [0.2, 0.25) is 0 Å². The summed E-state index contributed by atoms with van der Waals surface area (Å²) in [4.78, 5) is 10.6. The van der Waals surface area contributed by atoms with Gasteiger partial charge in [0, 0.05) is 0 Å². The van der Waals surface area contributed by atoms with Gasteiger partial charge in [0.1, 0.15) is 0 Å². The fourth-order valence-electron chi connectivity index (χ4n) is 2.27. The molecule has 0 aromatic heterocycles. The van der Waals surface area contributed by atoms with Crippen molar-refractivity contribution in [2.45, 2.75) is 31.8 Å². The van der Waals surface area contributed by atoms with E-state index in [1.807, 2.05) is 12.1 Å². The van der Waals surface area contributed by atoms with Crippen molar-refractivity contribution in [2.75, 3.05) is 7.11 Å². The van der Waals surface area contributed by atoms with Crippen LogP contribution in [0.15, 0.2) is 17.2 Å². The zero-order valence-corrected chi connectivity index (χ0v) is 13.9. The molecule has 1 fully saturated rings. The maximum atomic E-state index is 10.6. The Labute approximate surface area is 137 Å². The summed E-state index contributed by atoms with van der Waals surface area (Å²) in [7, 11) is 1.61. The molecule has 6 nitrogen and oxygen atoms in total. The first-order chi connectivity index (χ1) is 10.1. The number of hydrogen-bond donors (Lipinski definition) is 2. The second-order valence-corrected chi connectivity index (χ2v) is 5.95. The standard InChI is InChI=1S/C14H18IN3O3/c1-20-12-7-9(8-17-18-14(16)19)6-11(15)13(12)21-10-4-2-3-5-10/h6-8,10H,2-5H2,1H3,(H3,16,18,19). The number of nitrogens with zero attached hydrogens (tertiary/aromatic N) is 1. The Hall–Kier alpha value is -1.51. The number of nitrogens with one attached hydrogen (secondary N) is 1. The Morgan fingerprint density at radius 1 is 1.48 bits per heavy atom. The van der Waals surface area contributed by atoms with Crippen LogP contribution in [0.5, 0.6) is 11.5 Å². The molecule has 1 saturated carbocycles. The first kappa shape index (κ1) is 15.9. The normalized spacial score (nSPS) is 15.3. The van der Waals surface area contributed by atoms with Crippen LogP contribution in [0.1, 0.15) is 31.2 Å². The molecule has 0 atom stereocenters. The molecule has 0 radical (unpaired) electrons. The highest BCUT2D eigenvalue weighted by molar-refractivity contribution is 14.1. The number of nitrogens with two attached hydrogens (primary N) is 1. The number of hydrazone groups is 1. The van der Waals surface area contributed by atoms with Gasteiger partial charge in [-0.2, -0.15) is 5.10 Å². The van der Waals surface area contributed by atoms with Crippen LogP contribution >= 0.6 is 22.6 Å². The topological polar surface area (TPSA) is 85.9 Å². The predicted octanol–water partition coefficient (Wildman–Crippen LogP) is 2.62. The summed E-state index contributed by atoms with van der Waals surface area (Å²) in [6, 6.07) is 3.03. The minimum Gasteiger partial charge on any atom is -0.493 e. The third-order valence-corrected chi connectivity index (χ3v) is 4.03. The van der Waals surface area contributed by atoms with E-state index < -0.39 is 6.03 Å². The number of ether oxygens (including phenoxy) is 2. The van der Waals surface area contributed by atoms with Crippen LogP contribution in [-0.2, 0) is 0 Å². The molecule has 7 heteroatoms. The highest BCUT2D eigenvalue weighted by atomic mass is 127. The quantitative estimate of drug-likeness (QED) is 0.450. The van der Waals surface area contributed by atoms with Gasteiger partial charge in [0.2, 0.25) is 0 Å². The summed E-state index contributed by atoms with van der Waals surface area (Å²) >= 11 is 2.21. The molecule has 0 unspecified atom stereocenters. The third kappa shape index (κ3) is 4.48. The fraction of sp³-hybridized carbons (Fsp3) is 0.429. The zero-order valence-electron chi connectivity index (χ0n) is 11.8. The van der Waals surface area contributed by atoms with E-state index in [4.69, 9.17) is 15.2 Å². The SMILES string of the molecule is COc1cc(C=NNC(N)=O)cc(I)c1OC1CCCC1. The Kier molecular flexibility index (Phi) is 5.66. The molecule has 114 valence electrons. The lowest BCUT2D eigenvalue weighted by atomic mass is 10.2. The lowest BCUT2D eigenvalue weighted by molar-refractivity contribution is 0.199. The summed E-state index contributed by atoms with van der Waals surface area (Å²) < 4.78 is 12.4. The molecule has 1 aliphatic rings. The van der Waals surface area contributed by atoms with Gasteiger partial charge in [-0.15, -0.1) is 0 Å². The summed E-state index contributed by atoms with van der Waals surface area (Å²) in [5.74, 6) is 1.43. The number of carbonyl (C=O) groups excluding carboxylic acids is 1. The molecule has 3 N–H and O–H groups in total. The number of methoxy groups -OCH3 is 1. The van der Waals surface area contributed by atoms with Crippen LogP contribution in [0.3, 0.4) is 0 Å². The number of carbonyl (C=O) groups is 1. The van der Waals surface area contributed by atoms with E-state index in [9.17, 15) is 4.79 Å². The Morgan fingerprint density at radius 2 is 2.19 bits per heavy atom. The van der Waals surface area contributed by atoms with E-state index in [2.05, 4.69) is 33.1 Å². The van der Waals surface area contributed by atoms with Gasteiger partial charge in [0.05, 0.1) is 23.0 Å². The van der Waals surface area contributed by atoms with Crippen LogP contribution in [0, 0.1) is 3.57 Å². The van der Waals surface area contributed by atoms with Crippen molar-refractivity contribution in [3.63, 3.8) is 0 Å². The molecule has 2 amide bonds. The van der Waals surface area contributed by atoms with Crippen molar-refractivity contribution in [1.29, 1.82) is 0 Å². The predicted molar refractivity (Wildman–Crippen MR) is 88.9 cm³/mol. The van der Waals surface area contributed by atoms with Crippen LogP contribution < -0.4 is 20.6 Å². The van der Waals surface area contributed by atoms with Crippen LogP contribution in [-0.4, -0.2) is 25.5 Å². The van der Waals surface area contributed by atoms with Gasteiger partial charge >= 0.3 is 6.03 Å². The third-order valence-electron chi connectivity index (χ3n) is 3.23. The minimum atomic E-state index is -0.700. The van der Waals surface area contributed by atoms with Gasteiger partial charge in [0.15, 0.2) is 11.5 Å². The molecule has 0 aliphatic heterocycles. The van der Waals surface area contributed by atoms with Gasteiger partial charge in [-0.1, -0.05) is 0 Å². The summed E-state index contributed by atoms with van der Waals surface area (Å²) in [6.45, 7) is 0. The number of rotatable bonds is 5. The van der Waals surface area contributed by atoms with Gasteiger partial charge in [-0.25, -0.2) is 10.2 Å². The van der Waals surface area contributed by atoms with Crippen molar-refractivity contribution < 1.29 is 14.3 Å². The Bertz CT molecular complexity index is 543. The van der Waals surface area contributed by atoms with Gasteiger partial charge in [-0.05, 0) is 66.0 Å². The van der Waals surface area contributed by atoms with E-state index in [0.717, 1.165) is 27.7 Å². The number of benzene rings is 1. The van der Waals surface area contributed by atoms with Crippen LogP contribution in [0.4, 0.5) is 4.79 Å². The number of halogens is 1. The fourth-order valence-corrected chi connectivity index (χ4v) is 3.02. The molecule has 1 aliphatic carbocycles. The number of primary amides is 1. The molecule has 2 rings (SSSR count). The summed E-state index contributed by atoms with van der Waals surface area (Å²) in [6.07, 6.45) is 6.38. The van der Waals surface area contributed by atoms with E-state index in [0.29, 0.717) is 5.75 Å². The average Bonchev–Trinajstić information content (AvgIpc) is 2.94. The first-order valence-electron chi connectivity index (χ1n) is 6.73. The van der Waals surface area contributed by atoms with E-state index in [1.54, 1.807) is 7.11 Å². The molecule has 21 heavy (non-hydrogen) atoms. The number of urea groups is 1. The largest absolute Gasteiger partial charge is 0.493 e. The highest BCUT2D eigenvalue weighted by Crippen LogP contribution is 2.36. The van der Waals surface area contributed by atoms with Gasteiger partial charge in [0.25, 0.3) is 0 Å². The lowest BCUT2D eigenvalue weighted by Gasteiger charge is -2.17. The van der Waals surface area contributed by atoms with Gasteiger partial charge in [-0.3, -0.25) is 0 Å². The second-order valence-electron chi connectivity index (χ2n) is 4.79. The Balaban J connectivity index is 2.17. The van der Waals surface area contributed by atoms with Crippen molar-refractivity contribution in [1.82, 2.24) is 5.43 Å². The smallest absolute Gasteiger partial charge is 0.332 e. The van der Waals surface area contributed by atoms with Crippen molar-refractivity contribution >= 4 is 34.8 Å². The lowest BCUT2D eigenvalue weighted by Crippen LogP contribution is -2.24. The average molecular weight is 403 g/mol. The molecule has 1 aromatic carbocycles. The molecule has 0 heterocycles. The summed E-state index contributed by atoms with van der Waals surface area (Å²) in [5.41, 5.74) is 7.90. The van der Waals surface area contributed by atoms with Crippen LogP contribution in [0.25, 0.3) is 0 Å². The highest BCUT2D eigenvalue weighted by Gasteiger charge is 2.20. The van der Waals surface area contributed by atoms with Gasteiger partial charge < -0.3 is 15.2 Å². The molecule has 1 aromatic rings. The second kappa shape index (κ2) is 7.48. The van der Waals surface area contributed by atoms with Crippen molar-refractivity contribution in [2.24, 2.45) is 10.8 Å². The van der Waals surface area contributed by atoms with E-state index >= 15 is 0 Å². The monoisotopic (exact) mass is 403 g/mol. The van der Waals surface area contributed by atoms with E-state index in [1.165, 1.54) is 19.1 Å². The molecule has 0 bridgehead atoms. The summed E-state index contributed by atoms with van der Waals surface area (Å²) in [5, 5.41) is 3.74. The van der Waals surface area contributed by atoms with Crippen molar-refractivity contribution in [3.8, 4) is 11.5 Å². The molecular formula is C14H18IN3O3. The molecule has 0 spiro atoms. The number of amides is 2. The zero-order chi connectivity index (χ0) is 15.2. The van der Waals surface area contributed by atoms with E-state index in [-0.39, 0.29) is 6.10 Å².